The second-order valence-electron chi connectivity index (χ2n) is 6.65. The molecule has 170 valence electrons. The van der Waals surface area contributed by atoms with E-state index in [1.165, 1.54) is 6.26 Å². The van der Waals surface area contributed by atoms with Crippen LogP contribution in [-0.4, -0.2) is 76.2 Å². The fourth-order valence-electron chi connectivity index (χ4n) is 3.49. The highest BCUT2D eigenvalue weighted by atomic mass is 127. The van der Waals surface area contributed by atoms with Crippen LogP contribution in [0.25, 0.3) is 0 Å². The van der Waals surface area contributed by atoms with Crippen LogP contribution in [0.3, 0.4) is 0 Å². The van der Waals surface area contributed by atoms with Crippen molar-refractivity contribution >= 4 is 35.8 Å². The molecule has 0 radical (unpaired) electrons. The van der Waals surface area contributed by atoms with Crippen LogP contribution in [0.15, 0.2) is 39.9 Å². The number of piperazine rings is 1. The van der Waals surface area contributed by atoms with E-state index < -0.39 is 0 Å². The number of carbonyl (C=O) groups is 1. The maximum absolute atomic E-state index is 12.4. The van der Waals surface area contributed by atoms with E-state index in [4.69, 9.17) is 18.6 Å². The van der Waals surface area contributed by atoms with E-state index in [0.29, 0.717) is 55.7 Å². The van der Waals surface area contributed by atoms with Crippen molar-refractivity contribution < 1.29 is 23.4 Å². The van der Waals surface area contributed by atoms with Gasteiger partial charge in [0.15, 0.2) is 23.2 Å². The van der Waals surface area contributed by atoms with Gasteiger partial charge in [0.1, 0.15) is 0 Å². The van der Waals surface area contributed by atoms with Crippen molar-refractivity contribution in [3.63, 3.8) is 0 Å². The van der Waals surface area contributed by atoms with Crippen molar-refractivity contribution in [1.82, 2.24) is 15.1 Å². The maximum atomic E-state index is 12.4. The summed E-state index contributed by atoms with van der Waals surface area (Å²) >= 11 is 0. The molecule has 1 amide bonds. The number of furan rings is 1. The van der Waals surface area contributed by atoms with Crippen molar-refractivity contribution in [3.05, 3.63) is 41.9 Å². The molecule has 2 aromatic rings. The molecule has 1 aromatic heterocycles. The SMILES string of the molecule is CN=C(NCc1ccc(OC)c(OC)c1OC)N1CCN(C(=O)c2ccco2)CC1.I. The summed E-state index contributed by atoms with van der Waals surface area (Å²) < 4.78 is 21.5. The summed E-state index contributed by atoms with van der Waals surface area (Å²) in [5, 5.41) is 3.37. The van der Waals surface area contributed by atoms with E-state index in [1.807, 2.05) is 12.1 Å². The van der Waals surface area contributed by atoms with Crippen molar-refractivity contribution in [2.24, 2.45) is 4.99 Å². The third-order valence-electron chi connectivity index (χ3n) is 5.03. The van der Waals surface area contributed by atoms with E-state index >= 15 is 0 Å². The number of hydrogen-bond acceptors (Lipinski definition) is 6. The number of rotatable bonds is 6. The van der Waals surface area contributed by atoms with Gasteiger partial charge in [0.25, 0.3) is 5.91 Å². The van der Waals surface area contributed by atoms with Gasteiger partial charge < -0.3 is 33.7 Å². The molecule has 10 heteroatoms. The number of nitrogens with one attached hydrogen (secondary N) is 1. The fourth-order valence-corrected chi connectivity index (χ4v) is 3.49. The molecule has 1 N–H and O–H groups in total. The topological polar surface area (TPSA) is 88.8 Å². The van der Waals surface area contributed by atoms with Gasteiger partial charge in [-0.1, -0.05) is 0 Å². The van der Waals surface area contributed by atoms with Crippen LogP contribution >= 0.6 is 24.0 Å². The number of methoxy groups -OCH3 is 3. The first-order chi connectivity index (χ1) is 14.6. The predicted octanol–water partition coefficient (Wildman–Crippen LogP) is 2.46. The minimum absolute atomic E-state index is 0. The number of carbonyl (C=O) groups excluding carboxylic acids is 1. The molecule has 9 nitrogen and oxygen atoms in total. The van der Waals surface area contributed by atoms with Gasteiger partial charge in [-0.05, 0) is 24.3 Å². The molecule has 0 saturated carbocycles. The van der Waals surface area contributed by atoms with Crippen LogP contribution in [0.2, 0.25) is 0 Å². The summed E-state index contributed by atoms with van der Waals surface area (Å²) in [7, 11) is 6.52. The number of aliphatic imine (C=N–C) groups is 1. The molecule has 3 rings (SSSR count). The first kappa shape index (κ1) is 24.6. The van der Waals surface area contributed by atoms with Crippen LogP contribution in [0.1, 0.15) is 16.1 Å². The Labute approximate surface area is 199 Å². The summed E-state index contributed by atoms with van der Waals surface area (Å²) in [5.74, 6) is 2.83. The average Bonchev–Trinajstić information content (AvgIpc) is 3.33. The molecule has 31 heavy (non-hydrogen) atoms. The van der Waals surface area contributed by atoms with Crippen LogP contribution in [0.4, 0.5) is 0 Å². The summed E-state index contributed by atoms with van der Waals surface area (Å²) in [6.07, 6.45) is 1.51. The lowest BCUT2D eigenvalue weighted by Gasteiger charge is -2.36. The second kappa shape index (κ2) is 11.7. The normalized spacial score (nSPS) is 14.0. The highest BCUT2D eigenvalue weighted by Gasteiger charge is 2.25. The van der Waals surface area contributed by atoms with Crippen LogP contribution in [0, 0.1) is 0 Å². The Morgan fingerprint density at radius 1 is 1.03 bits per heavy atom. The number of benzene rings is 1. The zero-order valence-corrected chi connectivity index (χ0v) is 20.5. The highest BCUT2D eigenvalue weighted by molar-refractivity contribution is 14.0. The zero-order valence-electron chi connectivity index (χ0n) is 18.2. The number of amides is 1. The van der Waals surface area contributed by atoms with Crippen molar-refractivity contribution in [3.8, 4) is 17.2 Å². The lowest BCUT2D eigenvalue weighted by Crippen LogP contribution is -2.53. The van der Waals surface area contributed by atoms with E-state index in [2.05, 4.69) is 15.2 Å². The largest absolute Gasteiger partial charge is 0.493 e. The van der Waals surface area contributed by atoms with E-state index in [-0.39, 0.29) is 29.9 Å². The summed E-state index contributed by atoms with van der Waals surface area (Å²) in [6.45, 7) is 3.05. The molecule has 1 saturated heterocycles. The molecule has 1 aliphatic heterocycles. The molecule has 0 bridgehead atoms. The van der Waals surface area contributed by atoms with Crippen LogP contribution in [-0.2, 0) is 6.54 Å². The number of ether oxygens (including phenoxy) is 3. The van der Waals surface area contributed by atoms with E-state index in [0.717, 1.165) is 11.5 Å². The van der Waals surface area contributed by atoms with Gasteiger partial charge >= 0.3 is 0 Å². The lowest BCUT2D eigenvalue weighted by atomic mass is 10.1. The number of guanidine groups is 1. The van der Waals surface area contributed by atoms with Gasteiger partial charge in [0.2, 0.25) is 5.75 Å². The molecule has 1 aliphatic rings. The first-order valence-corrected chi connectivity index (χ1v) is 9.69. The van der Waals surface area contributed by atoms with Gasteiger partial charge in [0, 0.05) is 45.3 Å². The number of hydrogen-bond donors (Lipinski definition) is 1. The van der Waals surface area contributed by atoms with Crippen molar-refractivity contribution in [2.45, 2.75) is 6.54 Å². The molecule has 0 unspecified atom stereocenters. The quantitative estimate of drug-likeness (QED) is 0.340. The van der Waals surface area contributed by atoms with Gasteiger partial charge in [-0.3, -0.25) is 9.79 Å². The molecule has 2 heterocycles. The van der Waals surface area contributed by atoms with Gasteiger partial charge in [-0.25, -0.2) is 0 Å². The third-order valence-corrected chi connectivity index (χ3v) is 5.03. The fraction of sp³-hybridized carbons (Fsp3) is 0.429. The minimum atomic E-state index is -0.0855. The highest BCUT2D eigenvalue weighted by Crippen LogP contribution is 2.39. The number of nitrogens with zero attached hydrogens (tertiary/aromatic N) is 3. The molecule has 1 fully saturated rings. The summed E-state index contributed by atoms with van der Waals surface area (Å²) in [6, 6.07) is 7.18. The van der Waals surface area contributed by atoms with Gasteiger partial charge in [-0.2, -0.15) is 0 Å². The molecular formula is C21H29IN4O5. The van der Waals surface area contributed by atoms with Gasteiger partial charge in [0.05, 0.1) is 27.6 Å². The van der Waals surface area contributed by atoms with E-state index in [1.54, 1.807) is 45.4 Å². The monoisotopic (exact) mass is 544 g/mol. The van der Waals surface area contributed by atoms with E-state index in [9.17, 15) is 4.79 Å². The molecule has 0 aliphatic carbocycles. The Hall–Kier alpha value is -2.63. The Morgan fingerprint density at radius 3 is 2.26 bits per heavy atom. The first-order valence-electron chi connectivity index (χ1n) is 9.69. The molecule has 0 atom stereocenters. The van der Waals surface area contributed by atoms with Crippen LogP contribution in [0.5, 0.6) is 17.2 Å². The van der Waals surface area contributed by atoms with Gasteiger partial charge in [-0.15, -0.1) is 24.0 Å². The predicted molar refractivity (Wildman–Crippen MR) is 128 cm³/mol. The Balaban J connectivity index is 0.00000341. The van der Waals surface area contributed by atoms with Crippen molar-refractivity contribution in [1.29, 1.82) is 0 Å². The van der Waals surface area contributed by atoms with Crippen molar-refractivity contribution in [2.75, 3.05) is 54.6 Å². The minimum Gasteiger partial charge on any atom is -0.493 e. The smallest absolute Gasteiger partial charge is 0.289 e. The second-order valence-corrected chi connectivity index (χ2v) is 6.65. The molecular weight excluding hydrogens is 515 g/mol. The number of halogens is 1. The summed E-state index contributed by atoms with van der Waals surface area (Å²) in [4.78, 5) is 20.7. The summed E-state index contributed by atoms with van der Waals surface area (Å²) in [5.41, 5.74) is 0.919. The molecule has 0 spiro atoms. The third kappa shape index (κ3) is 5.54. The van der Waals surface area contributed by atoms with Crippen LogP contribution < -0.4 is 19.5 Å². The standard InChI is InChI=1S/C21H28N4O5.HI/c1-22-21(23-14-15-7-8-16(27-2)19(29-4)18(15)28-3)25-11-9-24(10-12-25)20(26)17-6-5-13-30-17;/h5-8,13H,9-12,14H2,1-4H3,(H,22,23);1H. The molecule has 1 aromatic carbocycles. The Morgan fingerprint density at radius 2 is 1.71 bits per heavy atom. The zero-order chi connectivity index (χ0) is 21.5. The lowest BCUT2D eigenvalue weighted by molar-refractivity contribution is 0.0657. The maximum Gasteiger partial charge on any atom is 0.289 e. The average molecular weight is 544 g/mol. The Bertz CT molecular complexity index is 880. The Kier molecular flexibility index (Phi) is 9.28.